The highest BCUT2D eigenvalue weighted by Crippen LogP contribution is 2.23. The average molecular weight is 244 g/mol. The van der Waals surface area contributed by atoms with Gasteiger partial charge in [-0.2, -0.15) is 0 Å². The minimum Gasteiger partial charge on any atom is -0.301 e. The molecule has 0 N–H and O–H groups in total. The van der Waals surface area contributed by atoms with Gasteiger partial charge in [0.2, 0.25) is 0 Å². The summed E-state index contributed by atoms with van der Waals surface area (Å²) in [5.41, 5.74) is 2.39. The number of imidazole rings is 1. The number of pyridine rings is 1. The Morgan fingerprint density at radius 3 is 2.72 bits per heavy atom. The molecule has 3 aromatic rings. The van der Waals surface area contributed by atoms with E-state index in [1.807, 2.05) is 6.92 Å². The van der Waals surface area contributed by atoms with Crippen molar-refractivity contribution in [2.75, 3.05) is 0 Å². The number of aromatic nitrogens is 2. The summed E-state index contributed by atoms with van der Waals surface area (Å²) in [6.07, 6.45) is 3.36. The number of nitrogens with zero attached hydrogens (tertiary/aromatic N) is 2. The summed E-state index contributed by atoms with van der Waals surface area (Å²) in [6.45, 7) is 1.84. The lowest BCUT2D eigenvalue weighted by molar-refractivity contribution is 0.626. The molecule has 4 heteroatoms. The van der Waals surface area contributed by atoms with Gasteiger partial charge < -0.3 is 4.40 Å². The third kappa shape index (κ3) is 1.66. The molecule has 2 nitrogen and oxygen atoms in total. The lowest BCUT2D eigenvalue weighted by atomic mass is 10.1. The highest BCUT2D eigenvalue weighted by Gasteiger charge is 2.09. The zero-order valence-electron chi connectivity index (χ0n) is 9.69. The van der Waals surface area contributed by atoms with Crippen molar-refractivity contribution in [1.29, 1.82) is 0 Å². The van der Waals surface area contributed by atoms with Gasteiger partial charge in [0, 0.05) is 23.7 Å². The lowest BCUT2D eigenvalue weighted by Gasteiger charge is -2.05. The summed E-state index contributed by atoms with van der Waals surface area (Å²) in [6, 6.07) is 7.47. The molecule has 0 unspecified atom stereocenters. The van der Waals surface area contributed by atoms with Crippen LogP contribution in [-0.2, 0) is 0 Å². The van der Waals surface area contributed by atoms with Crippen molar-refractivity contribution < 1.29 is 8.78 Å². The molecule has 0 radical (unpaired) electrons. The molecule has 2 heterocycles. The predicted octanol–water partition coefficient (Wildman–Crippen LogP) is 3.59. The van der Waals surface area contributed by atoms with Crippen LogP contribution in [0.15, 0.2) is 42.7 Å². The fraction of sp³-hybridized carbons (Fsp3) is 0.0714. The Morgan fingerprint density at radius 2 is 1.94 bits per heavy atom. The van der Waals surface area contributed by atoms with Gasteiger partial charge in [0.05, 0.1) is 0 Å². The first-order valence-corrected chi connectivity index (χ1v) is 5.54. The fourth-order valence-electron chi connectivity index (χ4n) is 1.99. The van der Waals surface area contributed by atoms with Crippen molar-refractivity contribution in [3.63, 3.8) is 0 Å². The molecule has 0 saturated heterocycles. The minimum absolute atomic E-state index is 0.285. The van der Waals surface area contributed by atoms with Crippen molar-refractivity contribution in [3.8, 4) is 11.1 Å². The van der Waals surface area contributed by atoms with Crippen molar-refractivity contribution >= 4 is 5.65 Å². The van der Waals surface area contributed by atoms with E-state index in [-0.39, 0.29) is 11.5 Å². The number of benzene rings is 1. The molecule has 0 aliphatic carbocycles. The maximum Gasteiger partial charge on any atom is 0.173 e. The zero-order valence-corrected chi connectivity index (χ0v) is 9.69. The van der Waals surface area contributed by atoms with Gasteiger partial charge in [-0.25, -0.2) is 13.8 Å². The highest BCUT2D eigenvalue weighted by atomic mass is 19.1. The third-order valence-corrected chi connectivity index (χ3v) is 2.90. The largest absolute Gasteiger partial charge is 0.301 e. The summed E-state index contributed by atoms with van der Waals surface area (Å²) in [4.78, 5) is 3.98. The Kier molecular flexibility index (Phi) is 2.37. The highest BCUT2D eigenvalue weighted by molar-refractivity contribution is 5.65. The van der Waals surface area contributed by atoms with Crippen LogP contribution in [0.3, 0.4) is 0 Å². The molecule has 1 aromatic carbocycles. The molecule has 90 valence electrons. The molecule has 0 atom stereocenters. The summed E-state index contributed by atoms with van der Waals surface area (Å²) in [5.74, 6) is -0.750. The average Bonchev–Trinajstić information content (AvgIpc) is 2.72. The molecule has 18 heavy (non-hydrogen) atoms. The van der Waals surface area contributed by atoms with Gasteiger partial charge >= 0.3 is 0 Å². The van der Waals surface area contributed by atoms with Crippen LogP contribution in [-0.4, -0.2) is 9.38 Å². The van der Waals surface area contributed by atoms with Crippen molar-refractivity contribution in [3.05, 3.63) is 60.1 Å². The molecule has 0 saturated carbocycles. The summed E-state index contributed by atoms with van der Waals surface area (Å²) < 4.78 is 28.7. The smallest absolute Gasteiger partial charge is 0.173 e. The Morgan fingerprint density at radius 1 is 1.11 bits per heavy atom. The van der Waals surface area contributed by atoms with Gasteiger partial charge in [-0.05, 0) is 30.7 Å². The van der Waals surface area contributed by atoms with Crippen LogP contribution < -0.4 is 0 Å². The second kappa shape index (κ2) is 3.91. The maximum atomic E-state index is 13.9. The van der Waals surface area contributed by atoms with E-state index in [9.17, 15) is 8.78 Å². The summed E-state index contributed by atoms with van der Waals surface area (Å²) >= 11 is 0. The molecule has 3 rings (SSSR count). The number of hydrogen-bond donors (Lipinski definition) is 0. The summed E-state index contributed by atoms with van der Waals surface area (Å²) in [5, 5.41) is 0. The maximum absolute atomic E-state index is 13.9. The van der Waals surface area contributed by atoms with Gasteiger partial charge in [0.15, 0.2) is 11.5 Å². The quantitative estimate of drug-likeness (QED) is 0.639. The van der Waals surface area contributed by atoms with E-state index in [2.05, 4.69) is 4.98 Å². The standard InChI is InChI=1S/C14H10F2N2/c1-9-7-17-14-13(16)6-11(8-18(9)14)10-3-2-4-12(15)5-10/h2-8H,1H3. The van der Waals surface area contributed by atoms with Gasteiger partial charge in [0.1, 0.15) is 5.82 Å². The van der Waals surface area contributed by atoms with E-state index in [1.165, 1.54) is 18.2 Å². The van der Waals surface area contributed by atoms with Gasteiger partial charge in [0.25, 0.3) is 0 Å². The van der Waals surface area contributed by atoms with E-state index in [0.717, 1.165) is 5.69 Å². The first-order valence-electron chi connectivity index (χ1n) is 5.54. The minimum atomic E-state index is -0.412. The number of fused-ring (bicyclic) bond motifs is 1. The van der Waals surface area contributed by atoms with Crippen LogP contribution in [0.2, 0.25) is 0 Å². The number of aryl methyl sites for hydroxylation is 1. The normalized spacial score (nSPS) is 11.1. The molecular formula is C14H10F2N2. The molecule has 2 aromatic heterocycles. The van der Waals surface area contributed by atoms with Gasteiger partial charge in [-0.15, -0.1) is 0 Å². The second-order valence-corrected chi connectivity index (χ2v) is 4.18. The Bertz CT molecular complexity index is 732. The first-order chi connectivity index (χ1) is 8.65. The van der Waals surface area contributed by atoms with Crippen LogP contribution in [0, 0.1) is 18.6 Å². The van der Waals surface area contributed by atoms with E-state index in [0.29, 0.717) is 11.1 Å². The van der Waals surface area contributed by atoms with Crippen molar-refractivity contribution in [2.45, 2.75) is 6.92 Å². The Labute approximate surface area is 103 Å². The lowest BCUT2D eigenvalue weighted by Crippen LogP contribution is -1.93. The van der Waals surface area contributed by atoms with Gasteiger partial charge in [-0.1, -0.05) is 12.1 Å². The van der Waals surface area contributed by atoms with Crippen LogP contribution in [0.1, 0.15) is 5.69 Å². The SMILES string of the molecule is Cc1cnc2c(F)cc(-c3cccc(F)c3)cn12. The molecule has 0 spiro atoms. The van der Waals surface area contributed by atoms with Crippen LogP contribution in [0.25, 0.3) is 16.8 Å². The second-order valence-electron chi connectivity index (χ2n) is 4.18. The fourth-order valence-corrected chi connectivity index (χ4v) is 1.99. The third-order valence-electron chi connectivity index (χ3n) is 2.90. The Hall–Kier alpha value is -2.23. The Balaban J connectivity index is 2.27. The number of hydrogen-bond acceptors (Lipinski definition) is 1. The van der Waals surface area contributed by atoms with Crippen LogP contribution in [0.4, 0.5) is 8.78 Å². The first kappa shape index (κ1) is 10.9. The van der Waals surface area contributed by atoms with Crippen LogP contribution >= 0.6 is 0 Å². The van der Waals surface area contributed by atoms with E-state index < -0.39 is 5.82 Å². The van der Waals surface area contributed by atoms with Crippen LogP contribution in [0.5, 0.6) is 0 Å². The van der Waals surface area contributed by atoms with E-state index >= 15 is 0 Å². The van der Waals surface area contributed by atoms with Crippen molar-refractivity contribution in [2.24, 2.45) is 0 Å². The molecule has 0 aliphatic rings. The summed E-state index contributed by atoms with van der Waals surface area (Å²) in [7, 11) is 0. The zero-order chi connectivity index (χ0) is 12.7. The predicted molar refractivity (Wildman–Crippen MR) is 65.3 cm³/mol. The monoisotopic (exact) mass is 244 g/mol. The molecule has 0 bridgehead atoms. The van der Waals surface area contributed by atoms with Crippen molar-refractivity contribution in [1.82, 2.24) is 9.38 Å². The van der Waals surface area contributed by atoms with E-state index in [1.54, 1.807) is 28.9 Å². The molecule has 0 amide bonds. The number of rotatable bonds is 1. The van der Waals surface area contributed by atoms with Gasteiger partial charge in [-0.3, -0.25) is 0 Å². The molecule has 0 fully saturated rings. The number of halogens is 2. The topological polar surface area (TPSA) is 17.3 Å². The molecular weight excluding hydrogens is 234 g/mol. The van der Waals surface area contributed by atoms with E-state index in [4.69, 9.17) is 0 Å². The molecule has 0 aliphatic heterocycles.